The lowest BCUT2D eigenvalue weighted by atomic mass is 10.3. The van der Waals surface area contributed by atoms with Gasteiger partial charge in [0.15, 0.2) is 0 Å². The van der Waals surface area contributed by atoms with Crippen LogP contribution < -0.4 is 5.32 Å². The van der Waals surface area contributed by atoms with Gasteiger partial charge in [0.05, 0.1) is 5.41 Å². The van der Waals surface area contributed by atoms with Gasteiger partial charge in [-0.15, -0.1) is 0 Å². The minimum Gasteiger partial charge on any atom is -0.387 e. The summed E-state index contributed by atoms with van der Waals surface area (Å²) in [4.78, 5) is 0. The van der Waals surface area contributed by atoms with E-state index in [0.717, 1.165) is 11.8 Å². The number of rotatable bonds is 4. The molecule has 0 unspecified atom stereocenters. The molecule has 0 saturated heterocycles. The molecule has 2 N–H and O–H groups in total. The number of allylic oxidation sites excluding steroid dienone is 2. The summed E-state index contributed by atoms with van der Waals surface area (Å²) in [5, 5.41) is 3.39. The zero-order valence-corrected chi connectivity index (χ0v) is 7.93. The Labute approximate surface area is 72.7 Å². The first kappa shape index (κ1) is 11.2. The van der Waals surface area contributed by atoms with Crippen LogP contribution >= 0.6 is 0 Å². The Morgan fingerprint density at radius 1 is 1.58 bits per heavy atom. The Hall–Kier alpha value is -0.810. The molecule has 0 rings (SSSR count). The van der Waals surface area contributed by atoms with Crippen molar-refractivity contribution in [3.8, 4) is 0 Å². The zero-order valence-electron chi connectivity index (χ0n) is 7.11. The first-order valence-electron chi connectivity index (χ1n) is 3.53. The lowest BCUT2D eigenvalue weighted by molar-refractivity contribution is 0.494. The van der Waals surface area contributed by atoms with Gasteiger partial charge in [-0.2, -0.15) is 8.42 Å². The molecular weight excluding hydrogens is 178 g/mol. The molecule has 0 aliphatic carbocycles. The summed E-state index contributed by atoms with van der Waals surface area (Å²) in [6.07, 6.45) is 4.19. The predicted octanol–water partition coefficient (Wildman–Crippen LogP) is 0.901. The average Bonchev–Trinajstić information content (AvgIpc) is 1.95. The predicted molar refractivity (Wildman–Crippen MR) is 48.1 cm³/mol. The highest BCUT2D eigenvalue weighted by molar-refractivity contribution is 7.88. The van der Waals surface area contributed by atoms with E-state index in [2.05, 4.69) is 5.32 Å². The van der Waals surface area contributed by atoms with Crippen LogP contribution in [0.5, 0.6) is 0 Å². The summed E-state index contributed by atoms with van der Waals surface area (Å²) in [6, 6.07) is 0. The fourth-order valence-corrected chi connectivity index (χ4v) is 1.10. The molecule has 0 heterocycles. The summed E-state index contributed by atoms with van der Waals surface area (Å²) in [5.74, 6) is 0. The van der Waals surface area contributed by atoms with Crippen molar-refractivity contribution in [2.24, 2.45) is 0 Å². The Bertz CT molecular complexity index is 277. The third kappa shape index (κ3) is 5.94. The van der Waals surface area contributed by atoms with E-state index in [4.69, 9.17) is 4.55 Å². The molecule has 0 aliphatic rings. The van der Waals surface area contributed by atoms with E-state index in [-0.39, 0.29) is 0 Å². The Morgan fingerprint density at radius 3 is 2.50 bits per heavy atom. The van der Waals surface area contributed by atoms with E-state index in [0.29, 0.717) is 5.70 Å². The largest absolute Gasteiger partial charge is 0.387 e. The molecule has 4 nitrogen and oxygen atoms in total. The third-order valence-corrected chi connectivity index (χ3v) is 1.65. The van der Waals surface area contributed by atoms with Crippen LogP contribution in [0.15, 0.2) is 23.3 Å². The highest BCUT2D eigenvalue weighted by Crippen LogP contribution is 1.96. The molecule has 0 aliphatic heterocycles. The fraction of sp³-hybridized carbons (Fsp3) is 0.429. The molecule has 0 amide bonds. The second kappa shape index (κ2) is 4.95. The second-order valence-electron chi connectivity index (χ2n) is 2.15. The highest BCUT2D eigenvalue weighted by Gasteiger charge is 1.98. The molecule has 0 aromatic carbocycles. The van der Waals surface area contributed by atoms with Gasteiger partial charge >= 0.3 is 0 Å². The average molecular weight is 191 g/mol. The van der Waals surface area contributed by atoms with Crippen molar-refractivity contribution < 1.29 is 13.0 Å². The van der Waals surface area contributed by atoms with Crippen molar-refractivity contribution in [1.82, 2.24) is 5.32 Å². The number of nitrogens with one attached hydrogen (secondary N) is 1. The lowest BCUT2D eigenvalue weighted by Crippen LogP contribution is -2.06. The van der Waals surface area contributed by atoms with Gasteiger partial charge in [0.25, 0.3) is 10.1 Å². The Morgan fingerprint density at radius 2 is 2.17 bits per heavy atom. The summed E-state index contributed by atoms with van der Waals surface area (Å²) in [6.45, 7) is 1.93. The monoisotopic (exact) mass is 191 g/mol. The highest BCUT2D eigenvalue weighted by atomic mass is 32.2. The van der Waals surface area contributed by atoms with Crippen molar-refractivity contribution in [2.75, 3.05) is 7.05 Å². The van der Waals surface area contributed by atoms with Crippen LogP contribution in [-0.4, -0.2) is 20.0 Å². The van der Waals surface area contributed by atoms with Gasteiger partial charge in [-0.25, -0.2) is 0 Å². The minimum atomic E-state index is -4.04. The fourth-order valence-electron chi connectivity index (χ4n) is 0.587. The third-order valence-electron chi connectivity index (χ3n) is 1.10. The minimum absolute atomic E-state index is 0.361. The summed E-state index contributed by atoms with van der Waals surface area (Å²) in [5.41, 5.74) is 0.361. The van der Waals surface area contributed by atoms with Crippen molar-refractivity contribution >= 4 is 10.1 Å². The maximum atomic E-state index is 10.4. The zero-order chi connectivity index (χ0) is 9.61. The van der Waals surface area contributed by atoms with Gasteiger partial charge in [-0.05, 0) is 12.5 Å². The second-order valence-corrected chi connectivity index (χ2v) is 3.41. The number of likely N-dealkylation sites (N-methyl/N-ethyl adjacent to an activating group) is 1. The Balaban J connectivity index is 4.56. The van der Waals surface area contributed by atoms with E-state index in [9.17, 15) is 8.42 Å². The maximum Gasteiger partial charge on any atom is 0.289 e. The molecule has 70 valence electrons. The van der Waals surface area contributed by atoms with E-state index >= 15 is 0 Å². The molecule has 0 spiro atoms. The van der Waals surface area contributed by atoms with E-state index in [1.54, 1.807) is 19.2 Å². The summed E-state index contributed by atoms with van der Waals surface area (Å²) >= 11 is 0. The first-order valence-corrected chi connectivity index (χ1v) is 5.03. The normalized spacial score (nSPS) is 13.8. The van der Waals surface area contributed by atoms with Crippen LogP contribution in [0.4, 0.5) is 0 Å². The molecule has 5 heteroatoms. The van der Waals surface area contributed by atoms with Gasteiger partial charge < -0.3 is 5.32 Å². The molecule has 0 atom stereocenters. The van der Waals surface area contributed by atoms with Crippen LogP contribution in [0.25, 0.3) is 0 Å². The number of hydrogen-bond donors (Lipinski definition) is 2. The summed E-state index contributed by atoms with van der Waals surface area (Å²) in [7, 11) is -2.46. The quantitative estimate of drug-likeness (QED) is 0.512. The molecule has 0 bridgehead atoms. The van der Waals surface area contributed by atoms with Crippen molar-refractivity contribution in [3.63, 3.8) is 0 Å². The van der Waals surface area contributed by atoms with Crippen LogP contribution in [-0.2, 0) is 10.1 Å². The maximum absolute atomic E-state index is 10.4. The van der Waals surface area contributed by atoms with Crippen LogP contribution in [0.1, 0.15) is 13.3 Å². The van der Waals surface area contributed by atoms with Crippen LogP contribution in [0.3, 0.4) is 0 Å². The van der Waals surface area contributed by atoms with Gasteiger partial charge in [0.1, 0.15) is 0 Å². The topological polar surface area (TPSA) is 66.4 Å². The van der Waals surface area contributed by atoms with E-state index in [1.165, 1.54) is 0 Å². The van der Waals surface area contributed by atoms with Crippen molar-refractivity contribution in [3.05, 3.63) is 23.3 Å². The van der Waals surface area contributed by atoms with Crippen LogP contribution in [0, 0.1) is 0 Å². The van der Waals surface area contributed by atoms with Gasteiger partial charge in [-0.3, -0.25) is 4.55 Å². The molecular formula is C7H13NO3S. The number of hydrogen-bond acceptors (Lipinski definition) is 3. The van der Waals surface area contributed by atoms with Gasteiger partial charge in [0.2, 0.25) is 0 Å². The molecule has 12 heavy (non-hydrogen) atoms. The summed E-state index contributed by atoms with van der Waals surface area (Å²) < 4.78 is 29.2. The van der Waals surface area contributed by atoms with Gasteiger partial charge in [-0.1, -0.05) is 13.0 Å². The lowest BCUT2D eigenvalue weighted by Gasteiger charge is -1.97. The van der Waals surface area contributed by atoms with E-state index < -0.39 is 10.1 Å². The molecule has 0 saturated carbocycles. The standard InChI is InChI=1S/C7H13NO3S/c1-3-4-5-7(8-2)6-12(9,10)11/h4-6,8H,3H2,1-2H3,(H,9,10,11)/b5-4-,7-6-. The molecule has 0 aromatic rings. The van der Waals surface area contributed by atoms with E-state index in [1.807, 2.05) is 6.92 Å². The molecule has 0 radical (unpaired) electrons. The van der Waals surface area contributed by atoms with Crippen molar-refractivity contribution in [1.29, 1.82) is 0 Å². The smallest absolute Gasteiger partial charge is 0.289 e. The first-order chi connectivity index (χ1) is 5.49. The van der Waals surface area contributed by atoms with Crippen molar-refractivity contribution in [2.45, 2.75) is 13.3 Å². The van der Waals surface area contributed by atoms with Crippen LogP contribution in [0.2, 0.25) is 0 Å². The SMILES string of the molecule is CC/C=C\C(=C\S(=O)(=O)O)NC. The molecule has 0 aromatic heterocycles. The molecule has 0 fully saturated rings. The Kier molecular flexibility index (Phi) is 4.61. The van der Waals surface area contributed by atoms with Gasteiger partial charge in [0, 0.05) is 12.7 Å².